The number of piperazine rings is 1. The minimum Gasteiger partial charge on any atom is -0.459 e. The van der Waals surface area contributed by atoms with Gasteiger partial charge in [0.1, 0.15) is 19.3 Å². The highest BCUT2D eigenvalue weighted by Crippen LogP contribution is 2.31. The minimum atomic E-state index is -0.791. The predicted octanol–water partition coefficient (Wildman–Crippen LogP) is 2.02. The summed E-state index contributed by atoms with van der Waals surface area (Å²) in [4.78, 5) is 26.5. The van der Waals surface area contributed by atoms with E-state index in [1.54, 1.807) is 0 Å². The van der Waals surface area contributed by atoms with Gasteiger partial charge in [0, 0.05) is 6.54 Å². The van der Waals surface area contributed by atoms with Crippen LogP contribution in [0, 0.1) is 0 Å². The fraction of sp³-hybridized carbons (Fsp3) is 0.300. The first kappa shape index (κ1) is 17.5. The van der Waals surface area contributed by atoms with Crippen LogP contribution in [0.1, 0.15) is 11.1 Å². The number of benzene rings is 2. The van der Waals surface area contributed by atoms with E-state index in [1.165, 1.54) is 4.90 Å². The molecule has 2 unspecified atom stereocenters. The van der Waals surface area contributed by atoms with Crippen molar-refractivity contribution < 1.29 is 23.8 Å². The fourth-order valence-electron chi connectivity index (χ4n) is 3.02. The van der Waals surface area contributed by atoms with Crippen LogP contribution in [0.15, 0.2) is 60.7 Å². The van der Waals surface area contributed by atoms with Gasteiger partial charge in [-0.2, -0.15) is 0 Å². The van der Waals surface area contributed by atoms with Crippen molar-refractivity contribution >= 4 is 12.1 Å². The molecule has 1 N–H and O–H groups in total. The van der Waals surface area contributed by atoms with Gasteiger partial charge in [-0.3, -0.25) is 10.2 Å². The molecule has 2 aromatic rings. The van der Waals surface area contributed by atoms with Crippen molar-refractivity contribution in [1.82, 2.24) is 10.2 Å². The number of nitrogens with one attached hydrogen (secondary N) is 1. The van der Waals surface area contributed by atoms with Gasteiger partial charge < -0.3 is 14.2 Å². The second-order valence-corrected chi connectivity index (χ2v) is 6.41. The number of hydrogen-bond donors (Lipinski definition) is 1. The zero-order valence-electron chi connectivity index (χ0n) is 14.6. The van der Waals surface area contributed by atoms with Gasteiger partial charge in [0.2, 0.25) is 0 Å². The van der Waals surface area contributed by atoms with Crippen LogP contribution in [0.5, 0.6) is 0 Å². The lowest BCUT2D eigenvalue weighted by Gasteiger charge is -2.31. The van der Waals surface area contributed by atoms with E-state index in [2.05, 4.69) is 5.32 Å². The molecule has 7 heteroatoms. The highest BCUT2D eigenvalue weighted by atomic mass is 16.6. The maximum Gasteiger partial charge on any atom is 0.413 e. The van der Waals surface area contributed by atoms with E-state index in [9.17, 15) is 9.59 Å². The lowest BCUT2D eigenvalue weighted by Crippen LogP contribution is -2.57. The molecule has 0 aliphatic carbocycles. The Morgan fingerprint density at radius 2 is 1.56 bits per heavy atom. The van der Waals surface area contributed by atoms with Gasteiger partial charge >= 0.3 is 12.1 Å². The first-order valence-corrected chi connectivity index (χ1v) is 8.81. The van der Waals surface area contributed by atoms with E-state index in [-0.39, 0.29) is 26.0 Å². The molecule has 7 nitrogen and oxygen atoms in total. The average Bonchev–Trinajstić information content (AvgIpc) is 3.51. The molecular formula is C20H20N2O5. The minimum absolute atomic E-state index is 0.132. The molecule has 2 heterocycles. The summed E-state index contributed by atoms with van der Waals surface area (Å²) >= 11 is 0. The number of hydrogen-bond acceptors (Lipinski definition) is 6. The SMILES string of the molecule is O=C(OCc1ccccc1)[C@@H]1CNC2OC2N1C(=O)OCc1ccccc1. The molecule has 3 atom stereocenters. The van der Waals surface area contributed by atoms with Crippen LogP contribution in [0.4, 0.5) is 4.79 Å². The Kier molecular flexibility index (Phi) is 5.04. The number of fused-ring (bicyclic) bond motifs is 1. The van der Waals surface area contributed by atoms with E-state index in [1.807, 2.05) is 60.7 Å². The zero-order chi connectivity index (χ0) is 18.6. The molecule has 0 radical (unpaired) electrons. The van der Waals surface area contributed by atoms with Crippen LogP contribution in [0.25, 0.3) is 0 Å². The molecule has 0 bridgehead atoms. The van der Waals surface area contributed by atoms with E-state index in [0.717, 1.165) is 11.1 Å². The first-order valence-electron chi connectivity index (χ1n) is 8.81. The zero-order valence-corrected chi connectivity index (χ0v) is 14.6. The van der Waals surface area contributed by atoms with Crippen LogP contribution in [0.3, 0.4) is 0 Å². The smallest absolute Gasteiger partial charge is 0.413 e. The number of rotatable bonds is 5. The average molecular weight is 368 g/mol. The van der Waals surface area contributed by atoms with E-state index in [4.69, 9.17) is 14.2 Å². The van der Waals surface area contributed by atoms with Gasteiger partial charge in [-0.15, -0.1) is 0 Å². The summed E-state index contributed by atoms with van der Waals surface area (Å²) in [6.07, 6.45) is -1.35. The molecule has 2 aliphatic rings. The summed E-state index contributed by atoms with van der Waals surface area (Å²) in [5.74, 6) is -0.489. The van der Waals surface area contributed by atoms with Gasteiger partial charge in [-0.05, 0) is 11.1 Å². The van der Waals surface area contributed by atoms with E-state index >= 15 is 0 Å². The van der Waals surface area contributed by atoms with Gasteiger partial charge in [-0.25, -0.2) is 9.59 Å². The van der Waals surface area contributed by atoms with E-state index in [0.29, 0.717) is 0 Å². The third-order valence-corrected chi connectivity index (χ3v) is 4.50. The molecule has 140 valence electrons. The number of carbonyl (C=O) groups excluding carboxylic acids is 2. The quantitative estimate of drug-likeness (QED) is 0.642. The Morgan fingerprint density at radius 1 is 0.963 bits per heavy atom. The van der Waals surface area contributed by atoms with Crippen LogP contribution in [-0.2, 0) is 32.2 Å². The second-order valence-electron chi connectivity index (χ2n) is 6.41. The van der Waals surface area contributed by atoms with Gasteiger partial charge in [0.15, 0.2) is 12.5 Å². The Balaban J connectivity index is 1.38. The highest BCUT2D eigenvalue weighted by Gasteiger charge is 2.55. The van der Waals surface area contributed by atoms with Crippen LogP contribution in [-0.4, -0.2) is 42.0 Å². The molecule has 4 rings (SSSR count). The monoisotopic (exact) mass is 368 g/mol. The Morgan fingerprint density at radius 3 is 2.19 bits per heavy atom. The summed E-state index contributed by atoms with van der Waals surface area (Å²) in [7, 11) is 0. The topological polar surface area (TPSA) is 80.4 Å². The highest BCUT2D eigenvalue weighted by molar-refractivity contribution is 5.82. The Bertz CT molecular complexity index is 799. The molecule has 1 amide bonds. The van der Waals surface area contributed by atoms with Crippen molar-refractivity contribution in [3.05, 3.63) is 71.8 Å². The normalized spacial score (nSPS) is 23.3. The maximum atomic E-state index is 12.6. The standard InChI is InChI=1S/C20H20N2O5/c23-19(25-12-14-7-3-1-4-8-14)16-11-21-17-18(27-17)22(16)20(24)26-13-15-9-5-2-6-10-15/h1-10,16-18,21H,11-13H2/t16-,17?,18?/m0/s1. The number of esters is 1. The number of carbonyl (C=O) groups is 2. The molecule has 2 saturated heterocycles. The summed E-state index contributed by atoms with van der Waals surface area (Å²) in [6, 6.07) is 18.0. The summed E-state index contributed by atoms with van der Waals surface area (Å²) in [5.41, 5.74) is 1.76. The largest absolute Gasteiger partial charge is 0.459 e. The Labute approximate surface area is 156 Å². The van der Waals surface area contributed by atoms with Gasteiger partial charge in [0.25, 0.3) is 0 Å². The first-order chi connectivity index (χ1) is 13.2. The van der Waals surface area contributed by atoms with Crippen molar-refractivity contribution in [3.8, 4) is 0 Å². The van der Waals surface area contributed by atoms with Crippen LogP contribution < -0.4 is 5.32 Å². The molecular weight excluding hydrogens is 348 g/mol. The van der Waals surface area contributed by atoms with Gasteiger partial charge in [-0.1, -0.05) is 60.7 Å². The molecule has 0 saturated carbocycles. The lowest BCUT2D eigenvalue weighted by molar-refractivity contribution is -0.152. The van der Waals surface area contributed by atoms with Crippen molar-refractivity contribution in [3.63, 3.8) is 0 Å². The van der Waals surface area contributed by atoms with Crippen molar-refractivity contribution in [2.24, 2.45) is 0 Å². The molecule has 0 aromatic heterocycles. The molecule has 2 aromatic carbocycles. The molecule has 27 heavy (non-hydrogen) atoms. The Hall–Kier alpha value is -2.90. The number of nitrogens with zero attached hydrogens (tertiary/aromatic N) is 1. The summed E-state index contributed by atoms with van der Waals surface area (Å²) < 4.78 is 16.2. The third kappa shape index (κ3) is 4.10. The number of ether oxygens (including phenoxy) is 3. The predicted molar refractivity (Wildman–Crippen MR) is 95.2 cm³/mol. The van der Waals surface area contributed by atoms with E-state index < -0.39 is 24.3 Å². The number of epoxide rings is 1. The van der Waals surface area contributed by atoms with Crippen LogP contribution in [0.2, 0.25) is 0 Å². The molecule has 2 aliphatic heterocycles. The number of amides is 1. The fourth-order valence-corrected chi connectivity index (χ4v) is 3.02. The van der Waals surface area contributed by atoms with Gasteiger partial charge in [0.05, 0.1) is 0 Å². The summed E-state index contributed by atoms with van der Waals surface area (Å²) in [6.45, 7) is 0.542. The molecule has 0 spiro atoms. The van der Waals surface area contributed by atoms with Crippen molar-refractivity contribution in [1.29, 1.82) is 0 Å². The molecule has 2 fully saturated rings. The van der Waals surface area contributed by atoms with Crippen molar-refractivity contribution in [2.75, 3.05) is 6.54 Å². The lowest BCUT2D eigenvalue weighted by atomic mass is 10.2. The summed E-state index contributed by atoms with van der Waals surface area (Å²) in [5, 5.41) is 3.07. The van der Waals surface area contributed by atoms with Crippen molar-refractivity contribution in [2.45, 2.75) is 31.7 Å². The third-order valence-electron chi connectivity index (χ3n) is 4.50. The second kappa shape index (κ2) is 7.77. The van der Waals surface area contributed by atoms with Crippen LogP contribution >= 0.6 is 0 Å². The maximum absolute atomic E-state index is 12.6.